The molecule has 1 rings (SSSR count). The van der Waals surface area contributed by atoms with Crippen LogP contribution in [-0.4, -0.2) is 46.4 Å². The first-order valence-electron chi connectivity index (χ1n) is 10.1. The number of rotatable bonds is 11. The number of hydrogen-bond donors (Lipinski definition) is 2. The smallest absolute Gasteiger partial charge is 0.222 e. The van der Waals surface area contributed by atoms with Crippen molar-refractivity contribution in [2.75, 3.05) is 13.2 Å². The lowest BCUT2D eigenvalue weighted by atomic mass is 9.79. The lowest BCUT2D eigenvalue weighted by Gasteiger charge is -2.53. The van der Waals surface area contributed by atoms with Gasteiger partial charge in [-0.1, -0.05) is 39.0 Å². The Morgan fingerprint density at radius 3 is 2.20 bits per heavy atom. The maximum atomic E-state index is 11.8. The molecule has 1 aliphatic heterocycles. The number of aliphatic hydroxyl groups is 1. The second-order valence-electron chi connectivity index (χ2n) is 8.67. The fourth-order valence-electron chi connectivity index (χ4n) is 4.15. The van der Waals surface area contributed by atoms with Gasteiger partial charge in [-0.05, 0) is 47.0 Å². The van der Waals surface area contributed by atoms with E-state index in [2.05, 4.69) is 45.0 Å². The SMILES string of the molecule is CCCCCCCCON1C(C)(C)CC(NC(=O)CCO)CC1(C)C. The van der Waals surface area contributed by atoms with Crippen molar-refractivity contribution in [1.82, 2.24) is 10.4 Å². The van der Waals surface area contributed by atoms with Crippen molar-refractivity contribution >= 4 is 5.91 Å². The van der Waals surface area contributed by atoms with Crippen LogP contribution in [0.4, 0.5) is 0 Å². The molecular formula is C20H40N2O3. The van der Waals surface area contributed by atoms with Gasteiger partial charge < -0.3 is 10.4 Å². The van der Waals surface area contributed by atoms with Gasteiger partial charge in [0.25, 0.3) is 0 Å². The highest BCUT2D eigenvalue weighted by atomic mass is 16.7. The first-order chi connectivity index (χ1) is 11.7. The van der Waals surface area contributed by atoms with Gasteiger partial charge in [0.2, 0.25) is 5.91 Å². The summed E-state index contributed by atoms with van der Waals surface area (Å²) in [5, 5.41) is 14.1. The van der Waals surface area contributed by atoms with Gasteiger partial charge in [0.1, 0.15) is 0 Å². The Bertz CT molecular complexity index is 378. The average molecular weight is 357 g/mol. The maximum absolute atomic E-state index is 11.8. The number of amides is 1. The quantitative estimate of drug-likeness (QED) is 0.553. The van der Waals surface area contributed by atoms with Crippen LogP contribution in [0.3, 0.4) is 0 Å². The van der Waals surface area contributed by atoms with E-state index in [1.54, 1.807) is 0 Å². The van der Waals surface area contributed by atoms with Crippen molar-refractivity contribution in [2.24, 2.45) is 0 Å². The van der Waals surface area contributed by atoms with Gasteiger partial charge >= 0.3 is 0 Å². The summed E-state index contributed by atoms with van der Waals surface area (Å²) < 4.78 is 0. The third kappa shape index (κ3) is 7.63. The molecule has 0 radical (unpaired) electrons. The number of carbonyl (C=O) groups is 1. The molecule has 0 aromatic rings. The monoisotopic (exact) mass is 356 g/mol. The van der Waals surface area contributed by atoms with E-state index in [4.69, 9.17) is 9.94 Å². The summed E-state index contributed by atoms with van der Waals surface area (Å²) >= 11 is 0. The van der Waals surface area contributed by atoms with Crippen molar-refractivity contribution < 1.29 is 14.7 Å². The zero-order chi connectivity index (χ0) is 18.9. The van der Waals surface area contributed by atoms with Crippen molar-refractivity contribution in [2.45, 2.75) is 110 Å². The van der Waals surface area contributed by atoms with E-state index in [9.17, 15) is 4.79 Å². The highest BCUT2D eigenvalue weighted by Crippen LogP contribution is 2.38. The lowest BCUT2D eigenvalue weighted by Crippen LogP contribution is -2.64. The zero-order valence-corrected chi connectivity index (χ0v) is 17.1. The van der Waals surface area contributed by atoms with E-state index in [1.165, 1.54) is 32.1 Å². The van der Waals surface area contributed by atoms with Crippen molar-refractivity contribution in [3.8, 4) is 0 Å². The zero-order valence-electron chi connectivity index (χ0n) is 17.1. The number of unbranched alkanes of at least 4 members (excludes halogenated alkanes) is 5. The second kappa shape index (κ2) is 10.5. The van der Waals surface area contributed by atoms with E-state index in [0.717, 1.165) is 25.9 Å². The first kappa shape index (κ1) is 22.4. The van der Waals surface area contributed by atoms with E-state index in [0.29, 0.717) is 0 Å². The van der Waals surface area contributed by atoms with Crippen LogP contribution in [0.15, 0.2) is 0 Å². The molecule has 1 amide bonds. The van der Waals surface area contributed by atoms with Gasteiger partial charge in [-0.3, -0.25) is 9.63 Å². The predicted molar refractivity (Wildman–Crippen MR) is 102 cm³/mol. The molecule has 5 nitrogen and oxygen atoms in total. The standard InChI is InChI=1S/C20H40N2O3/c1-6-7-8-9-10-11-14-25-22-19(2,3)15-17(16-20(22,4)5)21-18(24)12-13-23/h17,23H,6-16H2,1-5H3,(H,21,24). The highest BCUT2D eigenvalue weighted by molar-refractivity contribution is 5.76. The molecule has 1 heterocycles. The van der Waals surface area contributed by atoms with Crippen LogP contribution in [-0.2, 0) is 9.63 Å². The van der Waals surface area contributed by atoms with E-state index in [-0.39, 0.29) is 36.1 Å². The summed E-state index contributed by atoms with van der Waals surface area (Å²) in [6.07, 6.45) is 9.44. The summed E-state index contributed by atoms with van der Waals surface area (Å²) in [6, 6.07) is 0.123. The minimum Gasteiger partial charge on any atom is -0.396 e. The van der Waals surface area contributed by atoms with E-state index in [1.807, 2.05) is 0 Å². The molecule has 0 aromatic heterocycles. The summed E-state index contributed by atoms with van der Waals surface area (Å²) in [5.41, 5.74) is -0.276. The predicted octanol–water partition coefficient (Wildman–Crippen LogP) is 3.80. The van der Waals surface area contributed by atoms with Crippen LogP contribution < -0.4 is 5.32 Å². The van der Waals surface area contributed by atoms with Crippen LogP contribution >= 0.6 is 0 Å². The molecular weight excluding hydrogens is 316 g/mol. The number of hydroxylamine groups is 2. The van der Waals surface area contributed by atoms with Crippen LogP contribution in [0.1, 0.15) is 92.4 Å². The molecule has 0 aromatic carbocycles. The van der Waals surface area contributed by atoms with Crippen LogP contribution in [0, 0.1) is 0 Å². The van der Waals surface area contributed by atoms with Crippen LogP contribution in [0.25, 0.3) is 0 Å². The number of nitrogens with zero attached hydrogens (tertiary/aromatic N) is 1. The Kier molecular flexibility index (Phi) is 9.39. The van der Waals surface area contributed by atoms with E-state index < -0.39 is 0 Å². The lowest BCUT2D eigenvalue weighted by molar-refractivity contribution is -0.284. The van der Waals surface area contributed by atoms with Crippen molar-refractivity contribution in [3.63, 3.8) is 0 Å². The third-order valence-corrected chi connectivity index (χ3v) is 5.01. The van der Waals surface area contributed by atoms with Gasteiger partial charge in [0.05, 0.1) is 13.2 Å². The van der Waals surface area contributed by atoms with E-state index >= 15 is 0 Å². The fraction of sp³-hybridized carbons (Fsp3) is 0.950. The summed E-state index contributed by atoms with van der Waals surface area (Å²) in [7, 11) is 0. The molecule has 148 valence electrons. The molecule has 1 saturated heterocycles. The molecule has 25 heavy (non-hydrogen) atoms. The number of aliphatic hydroxyl groups excluding tert-OH is 1. The minimum atomic E-state index is -0.138. The van der Waals surface area contributed by atoms with Crippen molar-refractivity contribution in [3.05, 3.63) is 0 Å². The molecule has 5 heteroatoms. The summed E-state index contributed by atoms with van der Waals surface area (Å²) in [6.45, 7) is 11.6. The second-order valence-corrected chi connectivity index (χ2v) is 8.67. The minimum absolute atomic E-state index is 0.0689. The number of nitrogens with one attached hydrogen (secondary N) is 1. The Morgan fingerprint density at radius 2 is 1.64 bits per heavy atom. The normalized spacial score (nSPS) is 20.6. The molecule has 0 bridgehead atoms. The molecule has 0 unspecified atom stereocenters. The third-order valence-electron chi connectivity index (χ3n) is 5.01. The van der Waals surface area contributed by atoms with Gasteiger partial charge in [-0.25, -0.2) is 0 Å². The average Bonchev–Trinajstić information content (AvgIpc) is 2.47. The Hall–Kier alpha value is -0.650. The van der Waals surface area contributed by atoms with Gasteiger partial charge in [-0.2, -0.15) is 5.06 Å². The topological polar surface area (TPSA) is 61.8 Å². The Labute approximate surface area is 154 Å². The number of piperidine rings is 1. The largest absolute Gasteiger partial charge is 0.396 e. The summed E-state index contributed by atoms with van der Waals surface area (Å²) in [4.78, 5) is 18.0. The van der Waals surface area contributed by atoms with Gasteiger partial charge in [0.15, 0.2) is 0 Å². The molecule has 0 atom stereocenters. The molecule has 0 saturated carbocycles. The Morgan fingerprint density at radius 1 is 1.08 bits per heavy atom. The van der Waals surface area contributed by atoms with Crippen molar-refractivity contribution in [1.29, 1.82) is 0 Å². The fourth-order valence-corrected chi connectivity index (χ4v) is 4.15. The molecule has 1 fully saturated rings. The highest BCUT2D eigenvalue weighted by Gasteiger charge is 2.46. The number of carbonyl (C=O) groups excluding carboxylic acids is 1. The maximum Gasteiger partial charge on any atom is 0.222 e. The first-order valence-corrected chi connectivity index (χ1v) is 10.1. The van der Waals surface area contributed by atoms with Gasteiger partial charge in [-0.15, -0.1) is 0 Å². The Balaban J connectivity index is 2.48. The summed E-state index contributed by atoms with van der Waals surface area (Å²) in [5.74, 6) is -0.0689. The molecule has 1 aliphatic rings. The molecule has 2 N–H and O–H groups in total. The van der Waals surface area contributed by atoms with Crippen LogP contribution in [0.5, 0.6) is 0 Å². The number of hydrogen-bond acceptors (Lipinski definition) is 4. The molecule has 0 spiro atoms. The van der Waals surface area contributed by atoms with Gasteiger partial charge in [0, 0.05) is 23.5 Å². The molecule has 0 aliphatic carbocycles. The van der Waals surface area contributed by atoms with Crippen LogP contribution in [0.2, 0.25) is 0 Å².